The third kappa shape index (κ3) is 4.04. The molecular formula is C16H27N3OS. The summed E-state index contributed by atoms with van der Waals surface area (Å²) in [5.41, 5.74) is 7.35. The van der Waals surface area contributed by atoms with E-state index >= 15 is 0 Å². The van der Waals surface area contributed by atoms with Crippen molar-refractivity contribution in [3.05, 3.63) is 24.0 Å². The van der Waals surface area contributed by atoms with Crippen LogP contribution in [0.25, 0.3) is 0 Å². The van der Waals surface area contributed by atoms with Crippen LogP contribution in [-0.4, -0.2) is 40.0 Å². The third-order valence-corrected chi connectivity index (χ3v) is 4.96. The lowest BCUT2D eigenvalue weighted by Crippen LogP contribution is -2.46. The van der Waals surface area contributed by atoms with Crippen molar-refractivity contribution < 1.29 is 4.79 Å². The summed E-state index contributed by atoms with van der Waals surface area (Å²) in [5.74, 6) is 1.06. The summed E-state index contributed by atoms with van der Waals surface area (Å²) in [6, 6.07) is 4.00. The van der Waals surface area contributed by atoms with Gasteiger partial charge in [0.2, 0.25) is 5.91 Å². The van der Waals surface area contributed by atoms with Crippen molar-refractivity contribution in [2.45, 2.75) is 44.2 Å². The lowest BCUT2D eigenvalue weighted by atomic mass is 10.1. The van der Waals surface area contributed by atoms with E-state index in [1.54, 1.807) is 11.8 Å². The highest BCUT2D eigenvalue weighted by Crippen LogP contribution is 2.30. The summed E-state index contributed by atoms with van der Waals surface area (Å²) in [6.45, 7) is 0.835. The molecule has 0 radical (unpaired) electrons. The predicted molar refractivity (Wildman–Crippen MR) is 89.3 cm³/mol. The zero-order valence-electron chi connectivity index (χ0n) is 13.1. The van der Waals surface area contributed by atoms with Gasteiger partial charge in [-0.1, -0.05) is 12.8 Å². The molecule has 1 amide bonds. The largest absolute Gasteiger partial charge is 0.353 e. The fourth-order valence-electron chi connectivity index (χ4n) is 3.08. The number of carbonyl (C=O) groups is 1. The quantitative estimate of drug-likeness (QED) is 0.909. The van der Waals surface area contributed by atoms with Gasteiger partial charge in [0.05, 0.1) is 12.1 Å². The van der Waals surface area contributed by atoms with Crippen LogP contribution >= 0.6 is 11.8 Å². The Labute approximate surface area is 132 Å². The highest BCUT2D eigenvalue weighted by molar-refractivity contribution is 7.98. The number of carbonyl (C=O) groups excluding carboxylic acids is 1. The number of aromatic nitrogens is 1. The van der Waals surface area contributed by atoms with E-state index in [4.69, 9.17) is 5.73 Å². The number of nitrogens with zero attached hydrogens (tertiary/aromatic N) is 2. The van der Waals surface area contributed by atoms with Gasteiger partial charge >= 0.3 is 0 Å². The minimum atomic E-state index is -0.363. The average Bonchev–Trinajstić information content (AvgIpc) is 2.76. The van der Waals surface area contributed by atoms with Crippen LogP contribution in [0, 0.1) is 0 Å². The van der Waals surface area contributed by atoms with E-state index in [9.17, 15) is 4.79 Å². The molecule has 1 saturated heterocycles. The maximum absolute atomic E-state index is 12.8. The van der Waals surface area contributed by atoms with Crippen molar-refractivity contribution in [3.63, 3.8) is 0 Å². The van der Waals surface area contributed by atoms with E-state index in [0.717, 1.165) is 31.6 Å². The minimum Gasteiger partial charge on any atom is -0.353 e. The van der Waals surface area contributed by atoms with Crippen molar-refractivity contribution in [3.8, 4) is 0 Å². The SMILES string of the molecule is CSCC[C@@H](N)C(=O)N1CCCCCC1c1cccn1C. The number of aryl methyl sites for hydroxylation is 1. The maximum atomic E-state index is 12.8. The number of amides is 1. The van der Waals surface area contributed by atoms with Gasteiger partial charge in [0.25, 0.3) is 0 Å². The molecule has 5 heteroatoms. The van der Waals surface area contributed by atoms with Crippen LogP contribution < -0.4 is 5.73 Å². The molecule has 1 aromatic heterocycles. The van der Waals surface area contributed by atoms with Crippen LogP contribution in [0.5, 0.6) is 0 Å². The van der Waals surface area contributed by atoms with E-state index in [2.05, 4.69) is 36.2 Å². The fraction of sp³-hybridized carbons (Fsp3) is 0.688. The first kappa shape index (κ1) is 16.4. The Bertz CT molecular complexity index is 460. The van der Waals surface area contributed by atoms with Crippen molar-refractivity contribution in [2.75, 3.05) is 18.6 Å². The second-order valence-electron chi connectivity index (χ2n) is 5.83. The van der Waals surface area contributed by atoms with Crippen molar-refractivity contribution in [1.29, 1.82) is 0 Å². The van der Waals surface area contributed by atoms with Gasteiger partial charge in [-0.25, -0.2) is 0 Å². The molecule has 0 aliphatic carbocycles. The topological polar surface area (TPSA) is 51.3 Å². The van der Waals surface area contributed by atoms with Crippen LogP contribution in [0.2, 0.25) is 0 Å². The zero-order valence-corrected chi connectivity index (χ0v) is 13.9. The summed E-state index contributed by atoms with van der Waals surface area (Å²) >= 11 is 1.74. The Morgan fingerprint density at radius 2 is 2.29 bits per heavy atom. The van der Waals surface area contributed by atoms with Gasteiger partial charge in [-0.05, 0) is 43.4 Å². The summed E-state index contributed by atoms with van der Waals surface area (Å²) in [6.07, 6.45) is 9.37. The van der Waals surface area contributed by atoms with Gasteiger partial charge < -0.3 is 15.2 Å². The molecule has 1 fully saturated rings. The maximum Gasteiger partial charge on any atom is 0.240 e. The molecule has 2 N–H and O–H groups in total. The Morgan fingerprint density at radius 1 is 1.48 bits per heavy atom. The van der Waals surface area contributed by atoms with Crippen LogP contribution in [0.4, 0.5) is 0 Å². The van der Waals surface area contributed by atoms with Crippen LogP contribution in [0.1, 0.15) is 43.8 Å². The molecular weight excluding hydrogens is 282 g/mol. The van der Waals surface area contributed by atoms with E-state index < -0.39 is 0 Å². The van der Waals surface area contributed by atoms with Gasteiger partial charge in [-0.2, -0.15) is 11.8 Å². The highest BCUT2D eigenvalue weighted by atomic mass is 32.2. The van der Waals surface area contributed by atoms with Gasteiger partial charge in [0, 0.05) is 25.5 Å². The molecule has 1 aromatic rings. The summed E-state index contributed by atoms with van der Waals surface area (Å²) < 4.78 is 2.13. The van der Waals surface area contributed by atoms with E-state index in [1.807, 2.05) is 4.90 Å². The highest BCUT2D eigenvalue weighted by Gasteiger charge is 2.30. The van der Waals surface area contributed by atoms with Crippen molar-refractivity contribution >= 4 is 17.7 Å². The third-order valence-electron chi connectivity index (χ3n) is 4.31. The van der Waals surface area contributed by atoms with E-state index in [0.29, 0.717) is 0 Å². The lowest BCUT2D eigenvalue weighted by molar-refractivity contribution is -0.135. The number of rotatable bonds is 5. The first-order valence-electron chi connectivity index (χ1n) is 7.81. The van der Waals surface area contributed by atoms with Gasteiger partial charge in [0.15, 0.2) is 0 Å². The van der Waals surface area contributed by atoms with E-state index in [1.165, 1.54) is 18.5 Å². The smallest absolute Gasteiger partial charge is 0.240 e. The second-order valence-corrected chi connectivity index (χ2v) is 6.81. The monoisotopic (exact) mass is 309 g/mol. The Kier molecular flexibility index (Phi) is 6.18. The number of thioether (sulfide) groups is 1. The lowest BCUT2D eigenvalue weighted by Gasteiger charge is -2.32. The van der Waals surface area contributed by atoms with Gasteiger partial charge in [-0.3, -0.25) is 4.79 Å². The molecule has 0 spiro atoms. The number of likely N-dealkylation sites (tertiary alicyclic amines) is 1. The Balaban J connectivity index is 2.16. The zero-order chi connectivity index (χ0) is 15.2. The van der Waals surface area contributed by atoms with Crippen LogP contribution in [0.15, 0.2) is 18.3 Å². The molecule has 2 atom stereocenters. The summed E-state index contributed by atoms with van der Waals surface area (Å²) in [7, 11) is 2.05. The molecule has 1 aliphatic heterocycles. The van der Waals surface area contributed by atoms with E-state index in [-0.39, 0.29) is 18.0 Å². The average molecular weight is 309 g/mol. The van der Waals surface area contributed by atoms with Crippen LogP contribution in [0.3, 0.4) is 0 Å². The molecule has 2 rings (SSSR count). The first-order chi connectivity index (χ1) is 10.1. The molecule has 1 aliphatic rings. The van der Waals surface area contributed by atoms with Crippen LogP contribution in [-0.2, 0) is 11.8 Å². The Hall–Kier alpha value is -0.940. The Morgan fingerprint density at radius 3 is 2.95 bits per heavy atom. The summed E-state index contributed by atoms with van der Waals surface area (Å²) in [5, 5.41) is 0. The number of nitrogens with two attached hydrogens (primary N) is 1. The number of hydrogen-bond acceptors (Lipinski definition) is 3. The first-order valence-corrected chi connectivity index (χ1v) is 9.20. The summed E-state index contributed by atoms with van der Waals surface area (Å²) in [4.78, 5) is 14.8. The molecule has 0 saturated carbocycles. The molecule has 118 valence electrons. The minimum absolute atomic E-state index is 0.122. The van der Waals surface area contributed by atoms with Gasteiger partial charge in [-0.15, -0.1) is 0 Å². The molecule has 4 nitrogen and oxygen atoms in total. The standard InChI is InChI=1S/C16H27N3OS/c1-18-10-6-8-14(18)15-7-4-3-5-11-19(15)16(20)13(17)9-12-21-2/h6,8,10,13,15H,3-5,7,9,11-12,17H2,1-2H3/t13-,15?/m1/s1. The molecule has 0 aromatic carbocycles. The normalized spacial score (nSPS) is 21.1. The number of hydrogen-bond donors (Lipinski definition) is 1. The molecule has 0 bridgehead atoms. The van der Waals surface area contributed by atoms with Crippen molar-refractivity contribution in [2.24, 2.45) is 12.8 Å². The van der Waals surface area contributed by atoms with Crippen molar-refractivity contribution in [1.82, 2.24) is 9.47 Å². The molecule has 2 heterocycles. The second kappa shape index (κ2) is 7.90. The molecule has 1 unspecified atom stereocenters. The fourth-order valence-corrected chi connectivity index (χ4v) is 3.57. The predicted octanol–water partition coefficient (Wildman–Crippen LogP) is 2.55. The molecule has 21 heavy (non-hydrogen) atoms. The van der Waals surface area contributed by atoms with Gasteiger partial charge in [0.1, 0.15) is 0 Å².